The van der Waals surface area contributed by atoms with E-state index in [0.717, 1.165) is 16.7 Å². The molecule has 6 nitrogen and oxygen atoms in total. The van der Waals surface area contributed by atoms with Crippen LogP contribution in [0.25, 0.3) is 0 Å². The van der Waals surface area contributed by atoms with Crippen LogP contribution in [0.3, 0.4) is 0 Å². The van der Waals surface area contributed by atoms with Crippen molar-refractivity contribution in [3.05, 3.63) is 63.2 Å². The maximum atomic E-state index is 12.2. The first-order valence-electron chi connectivity index (χ1n) is 8.37. The van der Waals surface area contributed by atoms with Crippen molar-refractivity contribution in [1.29, 1.82) is 0 Å². The highest BCUT2D eigenvalue weighted by molar-refractivity contribution is 5.94. The molecule has 26 heavy (non-hydrogen) atoms. The van der Waals surface area contributed by atoms with Crippen molar-refractivity contribution in [3.8, 4) is 5.75 Å². The molecule has 0 aliphatic carbocycles. The Morgan fingerprint density at radius 2 is 1.73 bits per heavy atom. The van der Waals surface area contributed by atoms with Crippen molar-refractivity contribution in [2.75, 3.05) is 11.9 Å². The molecule has 0 heterocycles. The molecule has 0 spiro atoms. The molecular formula is C20H24N2O4. The molecule has 0 unspecified atom stereocenters. The zero-order valence-corrected chi connectivity index (χ0v) is 15.8. The first kappa shape index (κ1) is 19.4. The minimum atomic E-state index is -0.513. The van der Waals surface area contributed by atoms with E-state index >= 15 is 0 Å². The van der Waals surface area contributed by atoms with Gasteiger partial charge in [0.25, 0.3) is 11.6 Å². The van der Waals surface area contributed by atoms with E-state index in [-0.39, 0.29) is 23.4 Å². The molecule has 2 aromatic rings. The molecule has 0 saturated heterocycles. The highest BCUT2D eigenvalue weighted by Crippen LogP contribution is 2.32. The Balaban J connectivity index is 2.13. The van der Waals surface area contributed by atoms with Crippen LogP contribution in [0.5, 0.6) is 5.75 Å². The lowest BCUT2D eigenvalue weighted by Crippen LogP contribution is -2.22. The fourth-order valence-corrected chi connectivity index (χ4v) is 2.58. The van der Waals surface area contributed by atoms with Crippen LogP contribution in [0.2, 0.25) is 0 Å². The number of carbonyl (C=O) groups is 1. The molecule has 2 rings (SSSR count). The quantitative estimate of drug-likeness (QED) is 0.630. The summed E-state index contributed by atoms with van der Waals surface area (Å²) < 4.78 is 5.69. The lowest BCUT2D eigenvalue weighted by Gasteiger charge is -2.23. The molecular weight excluding hydrogens is 332 g/mol. The smallest absolute Gasteiger partial charge is 0.293 e. The largest absolute Gasteiger partial charge is 0.483 e. The number of nitrogens with zero attached hydrogens (tertiary/aromatic N) is 1. The maximum Gasteiger partial charge on any atom is 0.293 e. The number of nitrogens with one attached hydrogen (secondary N) is 1. The summed E-state index contributed by atoms with van der Waals surface area (Å²) in [6, 6.07) is 10.5. The zero-order valence-electron chi connectivity index (χ0n) is 15.8. The average Bonchev–Trinajstić information content (AvgIpc) is 2.54. The van der Waals surface area contributed by atoms with E-state index in [9.17, 15) is 14.9 Å². The number of benzene rings is 2. The second kappa shape index (κ2) is 7.56. The van der Waals surface area contributed by atoms with E-state index in [1.54, 1.807) is 13.0 Å². The first-order chi connectivity index (χ1) is 12.1. The summed E-state index contributed by atoms with van der Waals surface area (Å²) in [6.07, 6.45) is 0. The summed E-state index contributed by atoms with van der Waals surface area (Å²) in [5.41, 5.74) is 2.76. The Morgan fingerprint density at radius 3 is 2.35 bits per heavy atom. The van der Waals surface area contributed by atoms with Gasteiger partial charge >= 0.3 is 0 Å². The van der Waals surface area contributed by atoms with E-state index in [1.165, 1.54) is 12.1 Å². The average molecular weight is 356 g/mol. The molecule has 0 aliphatic rings. The Kier molecular flexibility index (Phi) is 5.65. The Bertz CT molecular complexity index is 838. The van der Waals surface area contributed by atoms with E-state index < -0.39 is 10.8 Å². The lowest BCUT2D eigenvalue weighted by molar-refractivity contribution is -0.384. The van der Waals surface area contributed by atoms with Gasteiger partial charge in [0.1, 0.15) is 11.4 Å². The second-order valence-corrected chi connectivity index (χ2v) is 7.36. The SMILES string of the molecule is Cc1ccc(NC(=O)COc2ccc(C)cc2C(C)(C)C)c([N+](=O)[O-])c1. The molecule has 1 N–H and O–H groups in total. The maximum absolute atomic E-state index is 12.2. The van der Waals surface area contributed by atoms with Gasteiger partial charge in [0, 0.05) is 6.07 Å². The summed E-state index contributed by atoms with van der Waals surface area (Å²) in [7, 11) is 0. The van der Waals surface area contributed by atoms with Crippen LogP contribution in [0.15, 0.2) is 36.4 Å². The van der Waals surface area contributed by atoms with E-state index in [1.807, 2.05) is 25.1 Å². The Morgan fingerprint density at radius 1 is 1.12 bits per heavy atom. The highest BCUT2D eigenvalue weighted by atomic mass is 16.6. The van der Waals surface area contributed by atoms with Crippen molar-refractivity contribution >= 4 is 17.3 Å². The fraction of sp³-hybridized carbons (Fsp3) is 0.350. The van der Waals surface area contributed by atoms with Gasteiger partial charge in [-0.3, -0.25) is 14.9 Å². The number of aryl methyl sites for hydroxylation is 2. The predicted octanol–water partition coefficient (Wildman–Crippen LogP) is 4.53. The van der Waals surface area contributed by atoms with Crippen molar-refractivity contribution in [1.82, 2.24) is 0 Å². The molecule has 138 valence electrons. The van der Waals surface area contributed by atoms with Gasteiger partial charge in [0.15, 0.2) is 6.61 Å². The van der Waals surface area contributed by atoms with Crippen LogP contribution < -0.4 is 10.1 Å². The number of ether oxygens (including phenoxy) is 1. The van der Waals surface area contributed by atoms with Crippen LogP contribution in [0.1, 0.15) is 37.5 Å². The molecule has 6 heteroatoms. The summed E-state index contributed by atoms with van der Waals surface area (Å²) in [6.45, 7) is 9.76. The molecule has 0 atom stereocenters. The number of amides is 1. The number of carbonyl (C=O) groups excluding carboxylic acids is 1. The molecule has 0 fully saturated rings. The van der Waals surface area contributed by atoms with Gasteiger partial charge in [-0.25, -0.2) is 0 Å². The summed E-state index contributed by atoms with van der Waals surface area (Å²) in [5.74, 6) is 0.189. The normalized spacial score (nSPS) is 11.1. The molecule has 0 aromatic heterocycles. The number of rotatable bonds is 5. The van der Waals surface area contributed by atoms with Crippen LogP contribution in [0, 0.1) is 24.0 Å². The number of nitro benzene ring substituents is 1. The third kappa shape index (κ3) is 4.81. The number of hydrogen-bond donors (Lipinski definition) is 1. The number of nitro groups is 1. The minimum Gasteiger partial charge on any atom is -0.483 e. The Labute approximate surface area is 153 Å². The number of anilines is 1. The zero-order chi connectivity index (χ0) is 19.5. The van der Waals surface area contributed by atoms with Crippen LogP contribution in [-0.4, -0.2) is 17.4 Å². The van der Waals surface area contributed by atoms with Crippen molar-refractivity contribution in [2.45, 2.75) is 40.0 Å². The van der Waals surface area contributed by atoms with Gasteiger partial charge in [-0.2, -0.15) is 0 Å². The van der Waals surface area contributed by atoms with E-state index in [2.05, 4.69) is 26.1 Å². The van der Waals surface area contributed by atoms with Gasteiger partial charge in [-0.15, -0.1) is 0 Å². The van der Waals surface area contributed by atoms with Gasteiger partial charge in [-0.05, 0) is 42.5 Å². The van der Waals surface area contributed by atoms with Crippen molar-refractivity contribution in [2.24, 2.45) is 0 Å². The Hall–Kier alpha value is -2.89. The summed E-state index contributed by atoms with van der Waals surface area (Å²) in [5, 5.41) is 13.7. The van der Waals surface area contributed by atoms with Crippen LogP contribution >= 0.6 is 0 Å². The predicted molar refractivity (Wildman–Crippen MR) is 102 cm³/mol. The van der Waals surface area contributed by atoms with Crippen LogP contribution in [0.4, 0.5) is 11.4 Å². The molecule has 0 radical (unpaired) electrons. The monoisotopic (exact) mass is 356 g/mol. The van der Waals surface area contributed by atoms with Crippen molar-refractivity contribution < 1.29 is 14.5 Å². The van der Waals surface area contributed by atoms with E-state index in [0.29, 0.717) is 5.75 Å². The topological polar surface area (TPSA) is 81.5 Å². The second-order valence-electron chi connectivity index (χ2n) is 7.36. The molecule has 2 aromatic carbocycles. The summed E-state index contributed by atoms with van der Waals surface area (Å²) >= 11 is 0. The molecule has 0 aliphatic heterocycles. The highest BCUT2D eigenvalue weighted by Gasteiger charge is 2.20. The fourth-order valence-electron chi connectivity index (χ4n) is 2.58. The standard InChI is InChI=1S/C20H24N2O4/c1-13-7-9-18(15(10-13)20(3,4)5)26-12-19(23)21-16-8-6-14(2)11-17(16)22(24)25/h6-11H,12H2,1-5H3,(H,21,23). The van der Waals surface area contributed by atoms with Crippen LogP contribution in [-0.2, 0) is 10.2 Å². The summed E-state index contributed by atoms with van der Waals surface area (Å²) in [4.78, 5) is 22.8. The third-order valence-corrected chi connectivity index (χ3v) is 3.93. The minimum absolute atomic E-state index is 0.131. The van der Waals surface area contributed by atoms with E-state index in [4.69, 9.17) is 4.74 Å². The van der Waals surface area contributed by atoms with Gasteiger partial charge in [0.2, 0.25) is 0 Å². The first-order valence-corrected chi connectivity index (χ1v) is 8.37. The molecule has 1 amide bonds. The lowest BCUT2D eigenvalue weighted by atomic mass is 9.85. The van der Waals surface area contributed by atoms with Gasteiger partial charge in [-0.1, -0.05) is 44.5 Å². The molecule has 0 saturated carbocycles. The molecule has 0 bridgehead atoms. The van der Waals surface area contributed by atoms with Gasteiger partial charge in [0.05, 0.1) is 4.92 Å². The van der Waals surface area contributed by atoms with Crippen molar-refractivity contribution in [3.63, 3.8) is 0 Å². The number of hydrogen-bond acceptors (Lipinski definition) is 4. The van der Waals surface area contributed by atoms with Gasteiger partial charge < -0.3 is 10.1 Å². The third-order valence-electron chi connectivity index (χ3n) is 3.93.